The number of rotatable bonds is 3. The number of halogens is 1. The first kappa shape index (κ1) is 16.4. The van der Waals surface area contributed by atoms with Gasteiger partial charge in [-0.1, -0.05) is 0 Å². The van der Waals surface area contributed by atoms with Crippen molar-refractivity contribution in [1.29, 1.82) is 0 Å². The average molecular weight is 324 g/mol. The van der Waals surface area contributed by atoms with Gasteiger partial charge in [0.2, 0.25) is 5.67 Å². The smallest absolute Gasteiger partial charge is 0.261 e. The minimum Gasteiger partial charge on any atom is -0.378 e. The van der Waals surface area contributed by atoms with E-state index in [1.165, 1.54) is 0 Å². The third-order valence-electron chi connectivity index (χ3n) is 4.71. The van der Waals surface area contributed by atoms with Crippen molar-refractivity contribution in [1.82, 2.24) is 19.6 Å². The molecule has 1 unspecified atom stereocenters. The van der Waals surface area contributed by atoms with Gasteiger partial charge in [0.05, 0.1) is 18.9 Å². The van der Waals surface area contributed by atoms with Crippen LogP contribution in [-0.4, -0.2) is 70.5 Å². The van der Waals surface area contributed by atoms with E-state index in [4.69, 9.17) is 4.74 Å². The van der Waals surface area contributed by atoms with Crippen LogP contribution in [0.15, 0.2) is 6.20 Å². The lowest BCUT2D eigenvalue weighted by Gasteiger charge is -2.39. The van der Waals surface area contributed by atoms with Gasteiger partial charge in [0.25, 0.3) is 5.91 Å². The molecule has 2 aliphatic heterocycles. The summed E-state index contributed by atoms with van der Waals surface area (Å²) in [6.07, 6.45) is 2.98. The van der Waals surface area contributed by atoms with Gasteiger partial charge in [0.1, 0.15) is 0 Å². The van der Waals surface area contributed by atoms with Crippen LogP contribution in [0.5, 0.6) is 0 Å². The van der Waals surface area contributed by atoms with Gasteiger partial charge in [-0.2, -0.15) is 5.10 Å². The second-order valence-electron chi connectivity index (χ2n) is 6.60. The Kier molecular flexibility index (Phi) is 4.68. The summed E-state index contributed by atoms with van der Waals surface area (Å²) in [4.78, 5) is 16.2. The van der Waals surface area contributed by atoms with Crippen LogP contribution in [0.4, 0.5) is 4.39 Å². The minimum atomic E-state index is -1.77. The van der Waals surface area contributed by atoms with Crippen LogP contribution < -0.4 is 0 Å². The van der Waals surface area contributed by atoms with E-state index in [0.29, 0.717) is 45.7 Å². The lowest BCUT2D eigenvalue weighted by atomic mass is 9.92. The maximum absolute atomic E-state index is 15.3. The number of hydrogen-bond donors (Lipinski definition) is 0. The molecule has 1 aromatic heterocycles. The summed E-state index contributed by atoms with van der Waals surface area (Å²) in [7, 11) is 1.88. The molecule has 3 rings (SSSR count). The molecule has 3 heterocycles. The number of nitrogens with zero attached hydrogens (tertiary/aromatic N) is 4. The molecule has 0 spiro atoms. The normalized spacial score (nSPS) is 26.5. The van der Waals surface area contributed by atoms with E-state index in [9.17, 15) is 4.79 Å². The zero-order valence-corrected chi connectivity index (χ0v) is 13.9. The summed E-state index contributed by atoms with van der Waals surface area (Å²) in [6.45, 7) is 5.57. The SMILES string of the molecule is Cc1nn(C)cc1CN1CCCC(F)(C(=O)N2CCOCC2)C1. The van der Waals surface area contributed by atoms with Crippen molar-refractivity contribution < 1.29 is 13.9 Å². The van der Waals surface area contributed by atoms with Gasteiger partial charge in [-0.3, -0.25) is 14.4 Å². The monoisotopic (exact) mass is 324 g/mol. The summed E-state index contributed by atoms with van der Waals surface area (Å²) in [5.41, 5.74) is 0.281. The Morgan fingerprint density at radius 2 is 2.13 bits per heavy atom. The Hall–Kier alpha value is -1.47. The zero-order chi connectivity index (χ0) is 16.4. The lowest BCUT2D eigenvalue weighted by Crippen LogP contribution is -2.57. The number of alkyl halides is 1. The van der Waals surface area contributed by atoms with E-state index < -0.39 is 5.67 Å². The van der Waals surface area contributed by atoms with Crippen molar-refractivity contribution in [2.45, 2.75) is 32.0 Å². The van der Waals surface area contributed by atoms with Crippen LogP contribution in [0, 0.1) is 6.92 Å². The van der Waals surface area contributed by atoms with Crippen molar-refractivity contribution in [3.63, 3.8) is 0 Å². The molecule has 2 fully saturated rings. The molecule has 23 heavy (non-hydrogen) atoms. The predicted octanol–water partition coefficient (Wildman–Crippen LogP) is 0.891. The third kappa shape index (κ3) is 3.55. The number of ether oxygens (including phenoxy) is 1. The first-order valence-corrected chi connectivity index (χ1v) is 8.25. The van der Waals surface area contributed by atoms with Crippen LogP contribution in [-0.2, 0) is 23.1 Å². The van der Waals surface area contributed by atoms with Crippen molar-refractivity contribution in [3.8, 4) is 0 Å². The third-order valence-corrected chi connectivity index (χ3v) is 4.71. The zero-order valence-electron chi connectivity index (χ0n) is 13.9. The Morgan fingerprint density at radius 3 is 2.78 bits per heavy atom. The van der Waals surface area contributed by atoms with Gasteiger partial charge in [-0.25, -0.2) is 4.39 Å². The van der Waals surface area contributed by atoms with Crippen LogP contribution in [0.2, 0.25) is 0 Å². The number of likely N-dealkylation sites (tertiary alicyclic amines) is 1. The highest BCUT2D eigenvalue weighted by Gasteiger charge is 2.45. The van der Waals surface area contributed by atoms with Gasteiger partial charge in [-0.05, 0) is 26.3 Å². The van der Waals surface area contributed by atoms with E-state index in [2.05, 4.69) is 5.10 Å². The van der Waals surface area contributed by atoms with Crippen LogP contribution in [0.1, 0.15) is 24.1 Å². The molecule has 2 aliphatic rings. The Balaban J connectivity index is 1.66. The molecule has 1 aromatic rings. The van der Waals surface area contributed by atoms with E-state index >= 15 is 4.39 Å². The Bertz CT molecular complexity index is 570. The van der Waals surface area contributed by atoms with Gasteiger partial charge >= 0.3 is 0 Å². The molecule has 0 aromatic carbocycles. The fraction of sp³-hybridized carbons (Fsp3) is 0.750. The molecule has 0 radical (unpaired) electrons. The number of carbonyl (C=O) groups excluding carboxylic acids is 1. The average Bonchev–Trinajstić information content (AvgIpc) is 2.85. The first-order chi connectivity index (χ1) is 11.0. The molecule has 1 atom stereocenters. The van der Waals surface area contributed by atoms with Gasteiger partial charge < -0.3 is 9.64 Å². The molecule has 1 amide bonds. The number of piperidine rings is 1. The highest BCUT2D eigenvalue weighted by molar-refractivity contribution is 5.85. The van der Waals surface area contributed by atoms with Gasteiger partial charge in [-0.15, -0.1) is 0 Å². The fourth-order valence-corrected chi connectivity index (χ4v) is 3.50. The van der Waals surface area contributed by atoms with Crippen molar-refractivity contribution in [2.24, 2.45) is 7.05 Å². The van der Waals surface area contributed by atoms with E-state index in [1.54, 1.807) is 9.58 Å². The van der Waals surface area contributed by atoms with Crippen LogP contribution in [0.25, 0.3) is 0 Å². The summed E-state index contributed by atoms with van der Waals surface area (Å²) in [5, 5.41) is 4.33. The number of morpholine rings is 1. The quantitative estimate of drug-likeness (QED) is 0.829. The first-order valence-electron chi connectivity index (χ1n) is 8.25. The fourth-order valence-electron chi connectivity index (χ4n) is 3.50. The van der Waals surface area contributed by atoms with Crippen LogP contribution in [0.3, 0.4) is 0 Å². The Labute approximate surface area is 136 Å². The maximum Gasteiger partial charge on any atom is 0.261 e. The molecule has 6 nitrogen and oxygen atoms in total. The van der Waals surface area contributed by atoms with Crippen molar-refractivity contribution in [3.05, 3.63) is 17.5 Å². The molecule has 7 heteroatoms. The molecule has 0 aliphatic carbocycles. The van der Waals surface area contributed by atoms with E-state index in [-0.39, 0.29) is 12.5 Å². The minimum absolute atomic E-state index is 0.164. The molecular weight excluding hydrogens is 299 g/mol. The molecule has 0 N–H and O–H groups in total. The largest absolute Gasteiger partial charge is 0.378 e. The standard InChI is InChI=1S/C16H25FN4O2/c1-13-14(10-19(2)18-13)11-20-5-3-4-16(17,12-20)15(22)21-6-8-23-9-7-21/h10H,3-9,11-12H2,1-2H3. The van der Waals surface area contributed by atoms with Crippen molar-refractivity contribution >= 4 is 5.91 Å². The van der Waals surface area contributed by atoms with E-state index in [1.807, 2.05) is 25.1 Å². The second-order valence-corrected chi connectivity index (χ2v) is 6.60. The van der Waals surface area contributed by atoms with E-state index in [0.717, 1.165) is 17.8 Å². The summed E-state index contributed by atoms with van der Waals surface area (Å²) in [5.74, 6) is -0.367. The molecule has 128 valence electrons. The number of aryl methyl sites for hydroxylation is 2. The number of hydrogen-bond acceptors (Lipinski definition) is 4. The molecule has 2 saturated heterocycles. The second kappa shape index (κ2) is 6.57. The Morgan fingerprint density at radius 1 is 1.39 bits per heavy atom. The summed E-state index contributed by atoms with van der Waals surface area (Å²) in [6, 6.07) is 0. The highest BCUT2D eigenvalue weighted by Crippen LogP contribution is 2.29. The highest BCUT2D eigenvalue weighted by atomic mass is 19.1. The molecule has 0 saturated carbocycles. The topological polar surface area (TPSA) is 50.6 Å². The van der Waals surface area contributed by atoms with Gasteiger partial charge in [0, 0.05) is 45.0 Å². The van der Waals surface area contributed by atoms with Crippen molar-refractivity contribution in [2.75, 3.05) is 39.4 Å². The predicted molar refractivity (Wildman–Crippen MR) is 83.7 cm³/mol. The lowest BCUT2D eigenvalue weighted by molar-refractivity contribution is -0.152. The number of aromatic nitrogens is 2. The summed E-state index contributed by atoms with van der Waals surface area (Å²) < 4.78 is 22.3. The molecule has 0 bridgehead atoms. The number of amides is 1. The maximum atomic E-state index is 15.3. The number of carbonyl (C=O) groups is 1. The molecular formula is C16H25FN4O2. The van der Waals surface area contributed by atoms with Gasteiger partial charge in [0.15, 0.2) is 0 Å². The summed E-state index contributed by atoms with van der Waals surface area (Å²) >= 11 is 0. The van der Waals surface area contributed by atoms with Crippen LogP contribution >= 0.6 is 0 Å².